The lowest BCUT2D eigenvalue weighted by molar-refractivity contribution is 0.0633. The number of rotatable bonds is 3. The van der Waals surface area contributed by atoms with Gasteiger partial charge in [0.1, 0.15) is 11.4 Å². The number of carbonyl (C=O) groups is 1. The Bertz CT molecular complexity index is 830. The first kappa shape index (κ1) is 18.0. The Hall–Kier alpha value is -1.85. The molecule has 3 rings (SSSR count). The fourth-order valence-electron chi connectivity index (χ4n) is 3.10. The van der Waals surface area contributed by atoms with Gasteiger partial charge in [-0.1, -0.05) is 29.3 Å². The summed E-state index contributed by atoms with van der Waals surface area (Å²) < 4.78 is 0. The Morgan fingerprint density at radius 3 is 2.68 bits per heavy atom. The summed E-state index contributed by atoms with van der Waals surface area (Å²) in [5.74, 6) is 0.159. The van der Waals surface area contributed by atoms with Crippen molar-refractivity contribution in [3.05, 3.63) is 61.7 Å². The standard InChI is InChI=1S/C18H19Cl2N3O2/c1-11-5-2-3-8-23(11)18(25)13-10-21-16(22-17(13)24)9-12-14(19)6-4-7-15(12)20/h4,6-7,10-11H,2-3,5,8-9H2,1H3,(H,21,22,24). The molecule has 7 heteroatoms. The van der Waals surface area contributed by atoms with Crippen molar-refractivity contribution in [1.82, 2.24) is 14.9 Å². The number of aromatic amines is 1. The van der Waals surface area contributed by atoms with Gasteiger partial charge in [0.05, 0.1) is 0 Å². The van der Waals surface area contributed by atoms with Crippen LogP contribution in [0.4, 0.5) is 0 Å². The summed E-state index contributed by atoms with van der Waals surface area (Å²) in [6.45, 7) is 2.68. The topological polar surface area (TPSA) is 66.1 Å². The molecular weight excluding hydrogens is 361 g/mol. The number of aromatic nitrogens is 2. The Kier molecular flexibility index (Phi) is 5.45. The van der Waals surface area contributed by atoms with Crippen LogP contribution in [-0.2, 0) is 6.42 Å². The molecule has 1 aliphatic rings. The SMILES string of the molecule is CC1CCCCN1C(=O)c1cnc(Cc2c(Cl)cccc2Cl)[nH]c1=O. The molecule has 25 heavy (non-hydrogen) atoms. The summed E-state index contributed by atoms with van der Waals surface area (Å²) in [5.41, 5.74) is 0.330. The van der Waals surface area contributed by atoms with Crippen LogP contribution in [0.2, 0.25) is 10.0 Å². The number of hydrogen-bond donors (Lipinski definition) is 1. The van der Waals surface area contributed by atoms with Gasteiger partial charge in [-0.3, -0.25) is 9.59 Å². The first-order valence-electron chi connectivity index (χ1n) is 8.29. The van der Waals surface area contributed by atoms with Gasteiger partial charge in [-0.15, -0.1) is 0 Å². The fourth-order valence-corrected chi connectivity index (χ4v) is 3.63. The van der Waals surface area contributed by atoms with Gasteiger partial charge in [-0.05, 0) is 43.9 Å². The second-order valence-corrected chi connectivity index (χ2v) is 7.11. The quantitative estimate of drug-likeness (QED) is 0.884. The van der Waals surface area contributed by atoms with E-state index < -0.39 is 5.56 Å². The number of piperidine rings is 1. The van der Waals surface area contributed by atoms with E-state index in [0.29, 0.717) is 34.4 Å². The maximum absolute atomic E-state index is 12.6. The van der Waals surface area contributed by atoms with E-state index in [0.717, 1.165) is 19.3 Å². The lowest BCUT2D eigenvalue weighted by Crippen LogP contribution is -2.44. The number of nitrogens with zero attached hydrogens (tertiary/aromatic N) is 2. The molecule has 1 unspecified atom stereocenters. The van der Waals surface area contributed by atoms with Crippen LogP contribution in [0.15, 0.2) is 29.2 Å². The minimum Gasteiger partial charge on any atom is -0.336 e. The number of nitrogens with one attached hydrogen (secondary N) is 1. The van der Waals surface area contributed by atoms with Crippen LogP contribution in [0, 0.1) is 0 Å². The first-order chi connectivity index (χ1) is 12.0. The first-order valence-corrected chi connectivity index (χ1v) is 9.05. The molecule has 1 saturated heterocycles. The number of H-pyrrole nitrogens is 1. The number of likely N-dealkylation sites (tertiary alicyclic amines) is 1. The lowest BCUT2D eigenvalue weighted by Gasteiger charge is -2.33. The zero-order valence-electron chi connectivity index (χ0n) is 13.9. The number of carbonyl (C=O) groups excluding carboxylic acids is 1. The molecule has 5 nitrogen and oxygen atoms in total. The van der Waals surface area contributed by atoms with E-state index >= 15 is 0 Å². The van der Waals surface area contributed by atoms with Gasteiger partial charge in [0.2, 0.25) is 0 Å². The maximum atomic E-state index is 12.6. The van der Waals surface area contributed by atoms with Crippen LogP contribution in [0.5, 0.6) is 0 Å². The van der Waals surface area contributed by atoms with E-state index in [4.69, 9.17) is 23.2 Å². The highest BCUT2D eigenvalue weighted by atomic mass is 35.5. The van der Waals surface area contributed by atoms with Crippen molar-refractivity contribution in [2.75, 3.05) is 6.54 Å². The van der Waals surface area contributed by atoms with Crippen LogP contribution >= 0.6 is 23.2 Å². The monoisotopic (exact) mass is 379 g/mol. The maximum Gasteiger partial charge on any atom is 0.263 e. The van der Waals surface area contributed by atoms with Gasteiger partial charge in [0.25, 0.3) is 11.5 Å². The van der Waals surface area contributed by atoms with Gasteiger partial charge < -0.3 is 9.88 Å². The predicted molar refractivity (Wildman–Crippen MR) is 98.5 cm³/mol. The van der Waals surface area contributed by atoms with E-state index in [1.807, 2.05) is 6.92 Å². The van der Waals surface area contributed by atoms with Crippen molar-refractivity contribution in [2.24, 2.45) is 0 Å². The van der Waals surface area contributed by atoms with E-state index in [-0.39, 0.29) is 17.5 Å². The second kappa shape index (κ2) is 7.58. The molecule has 0 bridgehead atoms. The fraction of sp³-hybridized carbons (Fsp3) is 0.389. The molecule has 0 spiro atoms. The van der Waals surface area contributed by atoms with E-state index in [1.165, 1.54) is 6.20 Å². The number of benzene rings is 1. The van der Waals surface area contributed by atoms with Crippen molar-refractivity contribution in [3.63, 3.8) is 0 Å². The predicted octanol–water partition coefficient (Wildman–Crippen LogP) is 3.68. The van der Waals surface area contributed by atoms with Crippen molar-refractivity contribution >= 4 is 29.1 Å². The molecule has 0 aliphatic carbocycles. The molecule has 1 aliphatic heterocycles. The third-order valence-corrected chi connectivity index (χ3v) is 5.26. The number of amides is 1. The number of halogens is 2. The van der Waals surface area contributed by atoms with Crippen LogP contribution in [0.3, 0.4) is 0 Å². The zero-order chi connectivity index (χ0) is 18.0. The molecule has 0 radical (unpaired) electrons. The van der Waals surface area contributed by atoms with Crippen LogP contribution in [0.25, 0.3) is 0 Å². The summed E-state index contributed by atoms with van der Waals surface area (Å²) in [6, 6.07) is 5.36. The summed E-state index contributed by atoms with van der Waals surface area (Å²) >= 11 is 12.3. The summed E-state index contributed by atoms with van der Waals surface area (Å²) in [7, 11) is 0. The van der Waals surface area contributed by atoms with Crippen LogP contribution < -0.4 is 5.56 Å². The summed E-state index contributed by atoms with van der Waals surface area (Å²) in [4.78, 5) is 33.7. The average Bonchev–Trinajstić information content (AvgIpc) is 2.58. The van der Waals surface area contributed by atoms with Gasteiger partial charge in [-0.2, -0.15) is 0 Å². The molecule has 0 saturated carbocycles. The second-order valence-electron chi connectivity index (χ2n) is 6.29. The van der Waals surface area contributed by atoms with E-state index in [9.17, 15) is 9.59 Å². The summed E-state index contributed by atoms with van der Waals surface area (Å²) in [5, 5.41) is 1.02. The Morgan fingerprint density at radius 1 is 1.32 bits per heavy atom. The summed E-state index contributed by atoms with van der Waals surface area (Å²) in [6.07, 6.45) is 4.67. The highest BCUT2D eigenvalue weighted by Crippen LogP contribution is 2.25. The molecule has 1 amide bonds. The van der Waals surface area contributed by atoms with E-state index in [2.05, 4.69) is 9.97 Å². The Labute approximate surface area is 156 Å². The van der Waals surface area contributed by atoms with Crippen LogP contribution in [-0.4, -0.2) is 33.4 Å². The van der Waals surface area contributed by atoms with Gasteiger partial charge >= 0.3 is 0 Å². The smallest absolute Gasteiger partial charge is 0.263 e. The highest BCUT2D eigenvalue weighted by molar-refractivity contribution is 6.36. The number of hydrogen-bond acceptors (Lipinski definition) is 3. The molecular formula is C18H19Cl2N3O2. The molecule has 1 aromatic heterocycles. The van der Waals surface area contributed by atoms with Gasteiger partial charge in [0, 0.05) is 35.2 Å². The Morgan fingerprint density at radius 2 is 2.04 bits per heavy atom. The molecule has 1 fully saturated rings. The van der Waals surface area contributed by atoms with E-state index in [1.54, 1.807) is 23.1 Å². The lowest BCUT2D eigenvalue weighted by atomic mass is 10.0. The largest absolute Gasteiger partial charge is 0.336 e. The minimum atomic E-state index is -0.434. The molecule has 132 valence electrons. The van der Waals surface area contributed by atoms with Crippen molar-refractivity contribution in [2.45, 2.75) is 38.6 Å². The van der Waals surface area contributed by atoms with Gasteiger partial charge in [-0.25, -0.2) is 4.98 Å². The molecule has 2 aromatic rings. The third-order valence-electron chi connectivity index (χ3n) is 4.55. The van der Waals surface area contributed by atoms with Crippen molar-refractivity contribution < 1.29 is 4.79 Å². The normalized spacial score (nSPS) is 17.6. The molecule has 1 atom stereocenters. The van der Waals surface area contributed by atoms with Crippen LogP contribution in [0.1, 0.15) is 47.9 Å². The highest BCUT2D eigenvalue weighted by Gasteiger charge is 2.26. The molecule has 1 N–H and O–H groups in total. The third kappa shape index (κ3) is 3.88. The molecule has 1 aromatic carbocycles. The average molecular weight is 380 g/mol. The van der Waals surface area contributed by atoms with Crippen molar-refractivity contribution in [1.29, 1.82) is 0 Å². The zero-order valence-corrected chi connectivity index (χ0v) is 15.4. The van der Waals surface area contributed by atoms with Gasteiger partial charge in [0.15, 0.2) is 0 Å². The minimum absolute atomic E-state index is 0.0720. The molecule has 2 heterocycles. The Balaban J connectivity index is 1.84. The van der Waals surface area contributed by atoms with Crippen molar-refractivity contribution in [3.8, 4) is 0 Å².